The molecule has 0 radical (unpaired) electrons. The van der Waals surface area contributed by atoms with Crippen LogP contribution in [0.25, 0.3) is 0 Å². The van der Waals surface area contributed by atoms with E-state index in [0.29, 0.717) is 5.69 Å². The minimum Gasteiger partial charge on any atom is -0.382 e. The van der Waals surface area contributed by atoms with Crippen molar-refractivity contribution in [2.75, 3.05) is 0 Å². The zero-order valence-corrected chi connectivity index (χ0v) is 9.86. The van der Waals surface area contributed by atoms with E-state index in [1.807, 2.05) is 0 Å². The molecule has 1 N–H and O–H groups in total. The van der Waals surface area contributed by atoms with Crippen molar-refractivity contribution in [1.82, 2.24) is 4.98 Å². The molecule has 0 spiro atoms. The van der Waals surface area contributed by atoms with Gasteiger partial charge in [-0.05, 0) is 34.1 Å². The predicted octanol–water partition coefficient (Wildman–Crippen LogP) is 3.06. The van der Waals surface area contributed by atoms with Gasteiger partial charge in [-0.1, -0.05) is 18.2 Å². The van der Waals surface area contributed by atoms with Crippen LogP contribution in [0.3, 0.4) is 0 Å². The molecule has 1 heterocycles. The van der Waals surface area contributed by atoms with Gasteiger partial charge in [0.15, 0.2) is 0 Å². The first-order chi connectivity index (χ1) is 7.68. The minimum atomic E-state index is -1.03. The molecule has 1 atom stereocenters. The second kappa shape index (κ2) is 4.72. The number of hydrogen-bond acceptors (Lipinski definition) is 2. The molecule has 0 amide bonds. The van der Waals surface area contributed by atoms with Gasteiger partial charge in [-0.2, -0.15) is 0 Å². The number of aromatic nitrogens is 1. The molecule has 1 aromatic carbocycles. The molecule has 0 aliphatic carbocycles. The molecule has 0 aliphatic heterocycles. The van der Waals surface area contributed by atoms with E-state index in [-0.39, 0.29) is 5.56 Å². The summed E-state index contributed by atoms with van der Waals surface area (Å²) in [6.07, 6.45) is 0.536. The van der Waals surface area contributed by atoms with Gasteiger partial charge < -0.3 is 5.11 Å². The van der Waals surface area contributed by atoms with Gasteiger partial charge >= 0.3 is 0 Å². The third kappa shape index (κ3) is 2.28. The molecule has 0 saturated heterocycles. The maximum atomic E-state index is 13.4. The second-order valence-corrected chi connectivity index (χ2v) is 4.24. The Balaban J connectivity index is 2.35. The largest absolute Gasteiger partial charge is 0.382 e. The summed E-state index contributed by atoms with van der Waals surface area (Å²) in [4.78, 5) is 4.03. The van der Waals surface area contributed by atoms with Crippen LogP contribution in [0.15, 0.2) is 47.1 Å². The summed E-state index contributed by atoms with van der Waals surface area (Å²) in [6, 6.07) is 9.54. The molecule has 2 rings (SSSR count). The zero-order valence-electron chi connectivity index (χ0n) is 8.27. The van der Waals surface area contributed by atoms with Gasteiger partial charge in [0.25, 0.3) is 0 Å². The molecule has 16 heavy (non-hydrogen) atoms. The van der Waals surface area contributed by atoms with Gasteiger partial charge in [-0.25, -0.2) is 4.39 Å². The van der Waals surface area contributed by atoms with Crippen LogP contribution in [0, 0.1) is 5.82 Å². The standard InChI is InChI=1S/C12H9BrFNO/c13-8-5-6-11(15-7-8)12(16)9-3-1-2-4-10(9)14/h1-7,12,16H. The maximum absolute atomic E-state index is 13.4. The number of aliphatic hydroxyl groups excluding tert-OH is 1. The Morgan fingerprint density at radius 3 is 2.56 bits per heavy atom. The van der Waals surface area contributed by atoms with E-state index >= 15 is 0 Å². The smallest absolute Gasteiger partial charge is 0.129 e. The van der Waals surface area contributed by atoms with Crippen molar-refractivity contribution < 1.29 is 9.50 Å². The Morgan fingerprint density at radius 2 is 1.94 bits per heavy atom. The average Bonchev–Trinajstić information content (AvgIpc) is 2.30. The van der Waals surface area contributed by atoms with Crippen molar-refractivity contribution in [3.8, 4) is 0 Å². The normalized spacial score (nSPS) is 12.4. The fraction of sp³-hybridized carbons (Fsp3) is 0.0833. The van der Waals surface area contributed by atoms with Crippen LogP contribution in [-0.4, -0.2) is 10.1 Å². The molecule has 1 aromatic heterocycles. The zero-order chi connectivity index (χ0) is 11.5. The summed E-state index contributed by atoms with van der Waals surface area (Å²) in [5.41, 5.74) is 0.658. The quantitative estimate of drug-likeness (QED) is 0.918. The molecular weight excluding hydrogens is 273 g/mol. The Labute approximate surface area is 101 Å². The summed E-state index contributed by atoms with van der Waals surface area (Å²) >= 11 is 3.25. The van der Waals surface area contributed by atoms with Crippen LogP contribution in [0.1, 0.15) is 17.4 Å². The van der Waals surface area contributed by atoms with Gasteiger partial charge in [0.1, 0.15) is 11.9 Å². The number of benzene rings is 1. The predicted molar refractivity (Wildman–Crippen MR) is 62.4 cm³/mol. The van der Waals surface area contributed by atoms with E-state index in [1.54, 1.807) is 36.5 Å². The number of halogens is 2. The highest BCUT2D eigenvalue weighted by Gasteiger charge is 2.15. The average molecular weight is 282 g/mol. The molecule has 2 aromatic rings. The van der Waals surface area contributed by atoms with Crippen LogP contribution in [0.4, 0.5) is 4.39 Å². The van der Waals surface area contributed by atoms with Crippen LogP contribution in [0.5, 0.6) is 0 Å². The summed E-state index contributed by atoms with van der Waals surface area (Å²) in [7, 11) is 0. The van der Waals surface area contributed by atoms with E-state index in [9.17, 15) is 9.50 Å². The molecule has 2 nitrogen and oxygen atoms in total. The van der Waals surface area contributed by atoms with Crippen molar-refractivity contribution in [3.05, 3.63) is 64.1 Å². The second-order valence-electron chi connectivity index (χ2n) is 3.33. The van der Waals surface area contributed by atoms with E-state index in [1.165, 1.54) is 6.07 Å². The van der Waals surface area contributed by atoms with Gasteiger partial charge in [-0.15, -0.1) is 0 Å². The molecular formula is C12H9BrFNO. The number of hydrogen-bond donors (Lipinski definition) is 1. The van der Waals surface area contributed by atoms with Gasteiger partial charge in [-0.3, -0.25) is 4.98 Å². The first-order valence-electron chi connectivity index (χ1n) is 4.72. The van der Waals surface area contributed by atoms with Crippen molar-refractivity contribution in [3.63, 3.8) is 0 Å². The molecule has 0 saturated carbocycles. The van der Waals surface area contributed by atoms with Gasteiger partial charge in [0.05, 0.1) is 5.69 Å². The molecule has 0 aliphatic rings. The first-order valence-corrected chi connectivity index (χ1v) is 5.52. The van der Waals surface area contributed by atoms with Crippen LogP contribution in [-0.2, 0) is 0 Å². The molecule has 0 fully saturated rings. The van der Waals surface area contributed by atoms with Crippen LogP contribution in [0.2, 0.25) is 0 Å². The number of pyridine rings is 1. The number of aliphatic hydroxyl groups is 1. The van der Waals surface area contributed by atoms with E-state index in [2.05, 4.69) is 20.9 Å². The van der Waals surface area contributed by atoms with Crippen LogP contribution < -0.4 is 0 Å². The number of rotatable bonds is 2. The Morgan fingerprint density at radius 1 is 1.19 bits per heavy atom. The number of nitrogens with zero attached hydrogens (tertiary/aromatic N) is 1. The topological polar surface area (TPSA) is 33.1 Å². The van der Waals surface area contributed by atoms with E-state index in [0.717, 1.165) is 4.47 Å². The summed E-state index contributed by atoms with van der Waals surface area (Å²) in [6.45, 7) is 0. The molecule has 82 valence electrons. The highest BCUT2D eigenvalue weighted by Crippen LogP contribution is 2.23. The monoisotopic (exact) mass is 281 g/mol. The fourth-order valence-corrected chi connectivity index (χ4v) is 1.64. The highest BCUT2D eigenvalue weighted by molar-refractivity contribution is 9.10. The van der Waals surface area contributed by atoms with Crippen molar-refractivity contribution in [2.24, 2.45) is 0 Å². The SMILES string of the molecule is OC(c1ccc(Br)cn1)c1ccccc1F. The lowest BCUT2D eigenvalue weighted by Gasteiger charge is -2.11. The van der Waals surface area contributed by atoms with Crippen LogP contribution >= 0.6 is 15.9 Å². The summed E-state index contributed by atoms with van der Waals surface area (Å²) < 4.78 is 14.2. The van der Waals surface area contributed by atoms with E-state index in [4.69, 9.17) is 0 Å². The summed E-state index contributed by atoms with van der Waals surface area (Å²) in [5, 5.41) is 9.95. The molecule has 0 bridgehead atoms. The Bertz CT molecular complexity index is 487. The Kier molecular flexibility index (Phi) is 3.31. The van der Waals surface area contributed by atoms with Gasteiger partial charge in [0.2, 0.25) is 0 Å². The summed E-state index contributed by atoms with van der Waals surface area (Å²) in [5.74, 6) is -0.431. The highest BCUT2D eigenvalue weighted by atomic mass is 79.9. The van der Waals surface area contributed by atoms with Crippen molar-refractivity contribution in [2.45, 2.75) is 6.10 Å². The lowest BCUT2D eigenvalue weighted by molar-refractivity contribution is 0.210. The maximum Gasteiger partial charge on any atom is 0.129 e. The lowest BCUT2D eigenvalue weighted by atomic mass is 10.1. The van der Waals surface area contributed by atoms with Crippen molar-refractivity contribution in [1.29, 1.82) is 0 Å². The molecule has 1 unspecified atom stereocenters. The first kappa shape index (κ1) is 11.2. The third-order valence-corrected chi connectivity index (χ3v) is 2.70. The lowest BCUT2D eigenvalue weighted by Crippen LogP contribution is -2.04. The minimum absolute atomic E-state index is 0.234. The van der Waals surface area contributed by atoms with E-state index < -0.39 is 11.9 Å². The Hall–Kier alpha value is -1.26. The van der Waals surface area contributed by atoms with Gasteiger partial charge in [0, 0.05) is 16.2 Å². The fourth-order valence-electron chi connectivity index (χ4n) is 1.41. The third-order valence-electron chi connectivity index (χ3n) is 2.23. The van der Waals surface area contributed by atoms with Crippen molar-refractivity contribution >= 4 is 15.9 Å². The molecule has 4 heteroatoms.